The molecule has 0 aliphatic rings. The minimum absolute atomic E-state index is 0.0499. The molecule has 1 N–H and O–H groups in total. The van der Waals surface area contributed by atoms with Crippen LogP contribution in [0.1, 0.15) is 54.4 Å². The highest BCUT2D eigenvalue weighted by atomic mass is 28.3. The first-order chi connectivity index (χ1) is 8.29. The summed E-state index contributed by atoms with van der Waals surface area (Å²) in [4.78, 5) is 11.1. The molecular formula is C13H26O4Si. The van der Waals surface area contributed by atoms with E-state index in [9.17, 15) is 4.79 Å². The van der Waals surface area contributed by atoms with Crippen LogP contribution in [0.25, 0.3) is 0 Å². The summed E-state index contributed by atoms with van der Waals surface area (Å²) in [6.07, 6.45) is 1.73. The molecule has 0 aromatic heterocycles. The molecule has 0 saturated carbocycles. The zero-order chi connectivity index (χ0) is 14.3. The van der Waals surface area contributed by atoms with Gasteiger partial charge < -0.3 is 14.0 Å². The Morgan fingerprint density at radius 3 is 1.89 bits per heavy atom. The van der Waals surface area contributed by atoms with E-state index in [-0.39, 0.29) is 12.2 Å². The monoisotopic (exact) mass is 274 g/mol. The van der Waals surface area contributed by atoms with Crippen molar-refractivity contribution in [3.8, 4) is 0 Å². The predicted molar refractivity (Wildman–Crippen MR) is 74.8 cm³/mol. The molecule has 0 unspecified atom stereocenters. The number of allylic oxidation sites excluding steroid dienone is 1. The quantitative estimate of drug-likeness (QED) is 0.546. The fourth-order valence-corrected chi connectivity index (χ4v) is 3.96. The van der Waals surface area contributed by atoms with Crippen LogP contribution in [-0.2, 0) is 13.6 Å². The van der Waals surface area contributed by atoms with Gasteiger partial charge in [-0.1, -0.05) is 13.3 Å². The van der Waals surface area contributed by atoms with Gasteiger partial charge in [0.1, 0.15) is 0 Å². The van der Waals surface area contributed by atoms with E-state index in [0.29, 0.717) is 5.57 Å². The van der Waals surface area contributed by atoms with Gasteiger partial charge in [0.15, 0.2) is 0 Å². The number of hydrogen-bond acceptors (Lipinski definition) is 3. The van der Waals surface area contributed by atoms with Crippen LogP contribution in [0.5, 0.6) is 0 Å². The van der Waals surface area contributed by atoms with Crippen molar-refractivity contribution < 1.29 is 18.8 Å². The Morgan fingerprint density at radius 1 is 1.17 bits per heavy atom. The Bertz CT molecular complexity index is 287. The summed E-state index contributed by atoms with van der Waals surface area (Å²) >= 11 is 0. The summed E-state index contributed by atoms with van der Waals surface area (Å²) in [7, 11) is -2.10. The molecule has 0 aromatic carbocycles. The molecule has 0 bridgehead atoms. The van der Waals surface area contributed by atoms with E-state index < -0.39 is 15.3 Å². The summed E-state index contributed by atoms with van der Waals surface area (Å²) in [5.74, 6) is -0.879. The standard InChI is InChI=1S/C13H26O4Si/c1-7-8-12(11(6)13(14)15)18(16-9(2)3)17-10(4)5/h9-10,18H,7-8H2,1-6H3,(H,14,15)/b12-11+. The molecule has 0 spiro atoms. The van der Waals surface area contributed by atoms with E-state index >= 15 is 0 Å². The molecule has 0 rings (SSSR count). The van der Waals surface area contributed by atoms with Crippen LogP contribution in [0.3, 0.4) is 0 Å². The van der Waals surface area contributed by atoms with Gasteiger partial charge in [-0.25, -0.2) is 4.79 Å². The smallest absolute Gasteiger partial charge is 0.352 e. The summed E-state index contributed by atoms with van der Waals surface area (Å²) in [6.45, 7) is 11.5. The number of carbonyl (C=O) groups is 1. The van der Waals surface area contributed by atoms with Crippen LogP contribution in [-0.4, -0.2) is 32.6 Å². The van der Waals surface area contributed by atoms with E-state index in [2.05, 4.69) is 0 Å². The first kappa shape index (κ1) is 17.3. The molecule has 4 nitrogen and oxygen atoms in total. The van der Waals surface area contributed by atoms with Gasteiger partial charge in [0.25, 0.3) is 0 Å². The molecule has 0 radical (unpaired) electrons. The summed E-state index contributed by atoms with van der Waals surface area (Å²) < 4.78 is 11.7. The zero-order valence-electron chi connectivity index (χ0n) is 12.3. The number of hydrogen-bond donors (Lipinski definition) is 1. The predicted octanol–water partition coefficient (Wildman–Crippen LogP) is 2.80. The molecule has 5 heteroatoms. The largest absolute Gasteiger partial charge is 0.478 e. The molecule has 0 aliphatic carbocycles. The van der Waals surface area contributed by atoms with Gasteiger partial charge in [0, 0.05) is 17.8 Å². The van der Waals surface area contributed by atoms with Gasteiger partial charge in [0.2, 0.25) is 0 Å². The number of rotatable bonds is 8. The highest BCUT2D eigenvalue weighted by molar-refractivity contribution is 6.54. The fraction of sp³-hybridized carbons (Fsp3) is 0.769. The van der Waals surface area contributed by atoms with E-state index in [1.54, 1.807) is 6.92 Å². The number of carboxylic acid groups (broad SMARTS) is 1. The molecule has 18 heavy (non-hydrogen) atoms. The first-order valence-corrected chi connectivity index (χ1v) is 8.05. The van der Waals surface area contributed by atoms with E-state index in [1.807, 2.05) is 34.6 Å². The topological polar surface area (TPSA) is 55.8 Å². The lowest BCUT2D eigenvalue weighted by atomic mass is 10.2. The van der Waals surface area contributed by atoms with Crippen molar-refractivity contribution in [1.29, 1.82) is 0 Å². The third-order valence-corrected chi connectivity index (χ3v) is 5.27. The normalized spacial score (nSPS) is 13.4. The maximum Gasteiger partial charge on any atom is 0.352 e. The van der Waals surface area contributed by atoms with E-state index in [0.717, 1.165) is 18.0 Å². The van der Waals surface area contributed by atoms with Crippen molar-refractivity contribution in [2.75, 3.05) is 0 Å². The molecule has 0 heterocycles. The van der Waals surface area contributed by atoms with Gasteiger partial charge in [-0.2, -0.15) is 0 Å². The van der Waals surface area contributed by atoms with Crippen LogP contribution in [0.15, 0.2) is 10.8 Å². The van der Waals surface area contributed by atoms with Crippen molar-refractivity contribution in [1.82, 2.24) is 0 Å². The second kappa shape index (κ2) is 8.45. The second-order valence-electron chi connectivity index (χ2n) is 4.91. The number of carboxylic acids is 1. The summed E-state index contributed by atoms with van der Waals surface area (Å²) in [6, 6.07) is 0. The van der Waals surface area contributed by atoms with Crippen molar-refractivity contribution in [2.45, 2.75) is 66.6 Å². The molecule has 106 valence electrons. The third-order valence-electron chi connectivity index (χ3n) is 2.40. The molecule has 0 fully saturated rings. The van der Waals surface area contributed by atoms with Crippen LogP contribution in [0, 0.1) is 0 Å². The average Bonchev–Trinajstić information content (AvgIpc) is 2.22. The fourth-order valence-electron chi connectivity index (χ4n) is 1.58. The van der Waals surface area contributed by atoms with Crippen molar-refractivity contribution in [3.63, 3.8) is 0 Å². The minimum Gasteiger partial charge on any atom is -0.478 e. The van der Waals surface area contributed by atoms with Crippen LogP contribution in [0.4, 0.5) is 0 Å². The SMILES string of the molecule is CCC/C(=C(/C)C(=O)O)[SiH](OC(C)C)OC(C)C. The minimum atomic E-state index is -2.10. The highest BCUT2D eigenvalue weighted by Crippen LogP contribution is 2.19. The van der Waals surface area contributed by atoms with E-state index in [4.69, 9.17) is 14.0 Å². The van der Waals surface area contributed by atoms with Gasteiger partial charge in [-0.3, -0.25) is 0 Å². The number of aliphatic carboxylic acids is 1. The highest BCUT2D eigenvalue weighted by Gasteiger charge is 2.25. The van der Waals surface area contributed by atoms with Gasteiger partial charge in [-0.15, -0.1) is 0 Å². The average molecular weight is 274 g/mol. The lowest BCUT2D eigenvalue weighted by Gasteiger charge is -2.24. The Hall–Kier alpha value is -0.653. The van der Waals surface area contributed by atoms with Gasteiger partial charge in [0.05, 0.1) is 0 Å². The second-order valence-corrected chi connectivity index (χ2v) is 6.81. The molecule has 0 atom stereocenters. The molecule has 0 aliphatic heterocycles. The van der Waals surface area contributed by atoms with E-state index in [1.165, 1.54) is 0 Å². The Labute approximate surface area is 112 Å². The maximum absolute atomic E-state index is 11.1. The van der Waals surface area contributed by atoms with Gasteiger partial charge in [-0.05, 0) is 46.2 Å². The lowest BCUT2D eigenvalue weighted by molar-refractivity contribution is -0.132. The molecule has 0 aromatic rings. The Balaban J connectivity index is 5.20. The Kier molecular flexibility index (Phi) is 8.14. The summed E-state index contributed by atoms with van der Waals surface area (Å²) in [5.41, 5.74) is 0.384. The first-order valence-electron chi connectivity index (χ1n) is 6.53. The zero-order valence-corrected chi connectivity index (χ0v) is 13.5. The van der Waals surface area contributed by atoms with Crippen LogP contribution < -0.4 is 0 Å². The lowest BCUT2D eigenvalue weighted by Crippen LogP contribution is -2.33. The van der Waals surface area contributed by atoms with Crippen LogP contribution in [0.2, 0.25) is 0 Å². The third kappa shape index (κ3) is 6.33. The molecule has 0 amide bonds. The van der Waals surface area contributed by atoms with Crippen molar-refractivity contribution >= 4 is 15.3 Å². The van der Waals surface area contributed by atoms with Crippen LogP contribution >= 0.6 is 0 Å². The van der Waals surface area contributed by atoms with Crippen molar-refractivity contribution in [2.24, 2.45) is 0 Å². The summed E-state index contributed by atoms with van der Waals surface area (Å²) in [5, 5.41) is 10.0. The maximum atomic E-state index is 11.1. The molecular weight excluding hydrogens is 248 g/mol. The molecule has 0 saturated heterocycles. The van der Waals surface area contributed by atoms with Crippen molar-refractivity contribution in [3.05, 3.63) is 10.8 Å². The Morgan fingerprint density at radius 2 is 1.61 bits per heavy atom. The van der Waals surface area contributed by atoms with Gasteiger partial charge >= 0.3 is 15.3 Å².